The van der Waals surface area contributed by atoms with Crippen molar-refractivity contribution >= 4 is 14.1 Å². The predicted molar refractivity (Wildman–Crippen MR) is 109 cm³/mol. The molecule has 2 aliphatic carbocycles. The number of fused-ring (bicyclic) bond motifs is 1. The molecule has 4 atom stereocenters. The first-order chi connectivity index (χ1) is 11.2. The molecule has 0 bridgehead atoms. The largest absolute Gasteiger partial charge is 0.413 e. The fourth-order valence-electron chi connectivity index (χ4n) is 4.76. The molecule has 0 aromatic heterocycles. The van der Waals surface area contributed by atoms with E-state index in [4.69, 9.17) is 4.43 Å². The van der Waals surface area contributed by atoms with Crippen molar-refractivity contribution in [1.29, 1.82) is 0 Å². The summed E-state index contributed by atoms with van der Waals surface area (Å²) in [6.07, 6.45) is 6.96. The van der Waals surface area contributed by atoms with Crippen molar-refractivity contribution in [3.8, 4) is 0 Å². The van der Waals surface area contributed by atoms with Gasteiger partial charge in [0.05, 0.1) is 6.10 Å². The Kier molecular flexibility index (Phi) is 5.54. The molecule has 2 nitrogen and oxygen atoms in total. The van der Waals surface area contributed by atoms with Gasteiger partial charge < -0.3 is 4.43 Å². The van der Waals surface area contributed by atoms with E-state index >= 15 is 0 Å². The van der Waals surface area contributed by atoms with Crippen molar-refractivity contribution in [2.24, 2.45) is 22.7 Å². The minimum absolute atomic E-state index is 0.118. The molecule has 0 aromatic carbocycles. The first-order valence-electron chi connectivity index (χ1n) is 10.0. The summed E-state index contributed by atoms with van der Waals surface area (Å²) in [5, 5.41) is 0.214. The third-order valence-corrected chi connectivity index (χ3v) is 12.0. The van der Waals surface area contributed by atoms with Gasteiger partial charge in [-0.3, -0.25) is 4.79 Å². The van der Waals surface area contributed by atoms with Crippen molar-refractivity contribution < 1.29 is 9.22 Å². The first kappa shape index (κ1) is 20.9. The standard InChI is InChI=1S/C22H40O2Si/c1-10-11-16-13-22(7)17(12-18(16)23)14-21(5,6)15-19(22)24-25(8,9)20(2,3)4/h10,16-17,19H,1,11-15H2,2-9H3/t16-,17-,19+,22+/m1/s1. The van der Waals surface area contributed by atoms with Crippen LogP contribution in [0.2, 0.25) is 18.1 Å². The lowest BCUT2D eigenvalue weighted by molar-refractivity contribution is -0.145. The molecule has 0 aromatic rings. The van der Waals surface area contributed by atoms with E-state index in [1.54, 1.807) is 0 Å². The van der Waals surface area contributed by atoms with Gasteiger partial charge in [-0.05, 0) is 60.6 Å². The fraction of sp³-hybridized carbons (Fsp3) is 0.864. The second-order valence-corrected chi connectivity index (χ2v) is 16.0. The zero-order chi connectivity index (χ0) is 19.3. The van der Waals surface area contributed by atoms with Crippen molar-refractivity contribution in [2.45, 2.75) is 97.9 Å². The quantitative estimate of drug-likeness (QED) is 0.427. The number of Topliss-reactive ketones (excluding diaryl/α,β-unsaturated/α-hetero) is 1. The molecule has 0 saturated heterocycles. The number of ketones is 1. The van der Waals surface area contributed by atoms with Gasteiger partial charge in [-0.25, -0.2) is 0 Å². The third-order valence-electron chi connectivity index (χ3n) is 7.49. The zero-order valence-corrected chi connectivity index (χ0v) is 18.9. The summed E-state index contributed by atoms with van der Waals surface area (Å²) >= 11 is 0. The van der Waals surface area contributed by atoms with Crippen LogP contribution in [0.4, 0.5) is 0 Å². The second-order valence-electron chi connectivity index (χ2n) is 11.2. The molecule has 2 rings (SSSR count). The van der Waals surface area contributed by atoms with Gasteiger partial charge in [0.15, 0.2) is 8.32 Å². The highest BCUT2D eigenvalue weighted by Crippen LogP contribution is 2.58. The van der Waals surface area contributed by atoms with Gasteiger partial charge in [0.2, 0.25) is 0 Å². The van der Waals surface area contributed by atoms with E-state index in [2.05, 4.69) is 61.2 Å². The molecule has 2 saturated carbocycles. The van der Waals surface area contributed by atoms with Gasteiger partial charge in [-0.1, -0.05) is 47.6 Å². The van der Waals surface area contributed by atoms with E-state index in [0.29, 0.717) is 11.7 Å². The fourth-order valence-corrected chi connectivity index (χ4v) is 6.18. The van der Waals surface area contributed by atoms with E-state index in [1.807, 2.05) is 6.08 Å². The lowest BCUT2D eigenvalue weighted by atomic mass is 9.51. The van der Waals surface area contributed by atoms with Crippen molar-refractivity contribution in [2.75, 3.05) is 0 Å². The van der Waals surface area contributed by atoms with Crippen LogP contribution < -0.4 is 0 Å². The minimum Gasteiger partial charge on any atom is -0.413 e. The van der Waals surface area contributed by atoms with Gasteiger partial charge in [0, 0.05) is 12.3 Å². The summed E-state index contributed by atoms with van der Waals surface area (Å²) in [5.74, 6) is 1.05. The van der Waals surface area contributed by atoms with Crippen molar-refractivity contribution in [1.82, 2.24) is 0 Å². The van der Waals surface area contributed by atoms with Crippen molar-refractivity contribution in [3.05, 3.63) is 12.7 Å². The molecule has 0 amide bonds. The number of hydrogen-bond donors (Lipinski definition) is 0. The van der Waals surface area contributed by atoms with E-state index in [1.165, 1.54) is 0 Å². The monoisotopic (exact) mass is 364 g/mol. The Balaban J connectivity index is 2.35. The van der Waals surface area contributed by atoms with Crippen LogP contribution >= 0.6 is 0 Å². The van der Waals surface area contributed by atoms with Crippen molar-refractivity contribution in [3.63, 3.8) is 0 Å². The summed E-state index contributed by atoms with van der Waals surface area (Å²) in [4.78, 5) is 12.7. The molecular weight excluding hydrogens is 324 g/mol. The van der Waals surface area contributed by atoms with E-state index < -0.39 is 8.32 Å². The Morgan fingerprint density at radius 3 is 2.32 bits per heavy atom. The molecule has 3 heteroatoms. The SMILES string of the molecule is C=CC[C@@H]1C[C@@]2(C)[C@H](CC1=O)CC(C)(C)C[C@@H]2O[Si](C)(C)C(C)(C)C. The maximum atomic E-state index is 12.7. The zero-order valence-electron chi connectivity index (χ0n) is 17.9. The second kappa shape index (κ2) is 6.63. The Hall–Kier alpha value is -0.413. The van der Waals surface area contributed by atoms with Gasteiger partial charge in [-0.2, -0.15) is 0 Å². The summed E-state index contributed by atoms with van der Waals surface area (Å²) in [7, 11) is -1.84. The molecule has 0 unspecified atom stereocenters. The molecule has 0 radical (unpaired) electrons. The Morgan fingerprint density at radius 1 is 1.20 bits per heavy atom. The number of allylic oxidation sites excluding steroid dienone is 1. The van der Waals surface area contributed by atoms with Crippen LogP contribution in [0.25, 0.3) is 0 Å². The van der Waals surface area contributed by atoms with Gasteiger partial charge in [0.25, 0.3) is 0 Å². The summed E-state index contributed by atoms with van der Waals surface area (Å²) in [6.45, 7) is 22.7. The Bertz CT molecular complexity index is 529. The molecule has 25 heavy (non-hydrogen) atoms. The van der Waals surface area contributed by atoms with Crippen LogP contribution in [0, 0.1) is 22.7 Å². The molecular formula is C22H40O2Si. The molecule has 144 valence electrons. The molecule has 0 spiro atoms. The van der Waals surface area contributed by atoms with Gasteiger partial charge >= 0.3 is 0 Å². The average Bonchev–Trinajstić information content (AvgIpc) is 2.40. The van der Waals surface area contributed by atoms with Crippen LogP contribution in [0.3, 0.4) is 0 Å². The van der Waals surface area contributed by atoms with Crippen LogP contribution in [-0.2, 0) is 9.22 Å². The molecule has 2 fully saturated rings. The highest BCUT2D eigenvalue weighted by molar-refractivity contribution is 6.74. The summed E-state index contributed by atoms with van der Waals surface area (Å²) in [5.41, 5.74) is 0.370. The summed E-state index contributed by atoms with van der Waals surface area (Å²) < 4.78 is 7.01. The maximum Gasteiger partial charge on any atom is 0.192 e. The first-order valence-corrected chi connectivity index (χ1v) is 12.9. The number of rotatable bonds is 4. The van der Waals surface area contributed by atoms with Crippen LogP contribution in [0.5, 0.6) is 0 Å². The topological polar surface area (TPSA) is 26.3 Å². The average molecular weight is 365 g/mol. The lowest BCUT2D eigenvalue weighted by Gasteiger charge is -2.58. The number of hydrogen-bond acceptors (Lipinski definition) is 2. The van der Waals surface area contributed by atoms with E-state index in [-0.39, 0.29) is 27.9 Å². The number of carbonyl (C=O) groups excluding carboxylic acids is 1. The smallest absolute Gasteiger partial charge is 0.192 e. The highest BCUT2D eigenvalue weighted by atomic mass is 28.4. The highest BCUT2D eigenvalue weighted by Gasteiger charge is 2.56. The Morgan fingerprint density at radius 2 is 1.80 bits per heavy atom. The maximum absolute atomic E-state index is 12.7. The van der Waals surface area contributed by atoms with E-state index in [9.17, 15) is 4.79 Å². The minimum atomic E-state index is -1.84. The van der Waals surface area contributed by atoms with Crippen LogP contribution in [0.1, 0.15) is 73.6 Å². The van der Waals surface area contributed by atoms with Crippen LogP contribution in [0.15, 0.2) is 12.7 Å². The van der Waals surface area contributed by atoms with Gasteiger partial charge in [0.1, 0.15) is 5.78 Å². The summed E-state index contributed by atoms with van der Waals surface area (Å²) in [6, 6.07) is 0. The third kappa shape index (κ3) is 4.13. The normalized spacial score (nSPS) is 36.0. The van der Waals surface area contributed by atoms with Gasteiger partial charge in [-0.15, -0.1) is 6.58 Å². The molecule has 0 N–H and O–H groups in total. The predicted octanol–water partition coefficient (Wildman–Crippen LogP) is 6.37. The molecule has 0 heterocycles. The Labute approximate surface area is 156 Å². The van der Waals surface area contributed by atoms with Crippen LogP contribution in [-0.4, -0.2) is 20.2 Å². The molecule has 2 aliphatic rings. The molecule has 0 aliphatic heterocycles. The number of carbonyl (C=O) groups is 1. The lowest BCUT2D eigenvalue weighted by Crippen LogP contribution is -2.57. The van der Waals surface area contributed by atoms with E-state index in [0.717, 1.165) is 32.1 Å².